The molecule has 2 N–H and O–H groups in total. The van der Waals surface area contributed by atoms with Gasteiger partial charge in [-0.3, -0.25) is 4.98 Å². The fourth-order valence-electron chi connectivity index (χ4n) is 2.38. The molecular formula is C17H19ClN2O3. The zero-order chi connectivity index (χ0) is 16.2. The SMILES string of the molecule is Cc1ccc(CNC[C@@H](O)c2cc(Cl)c3c(c2)OCCO3)nc1. The predicted octanol–water partition coefficient (Wildman–Crippen LogP) is 2.64. The van der Waals surface area contributed by atoms with Gasteiger partial charge in [0.1, 0.15) is 13.2 Å². The van der Waals surface area contributed by atoms with E-state index in [2.05, 4.69) is 10.3 Å². The molecule has 6 heteroatoms. The Morgan fingerprint density at radius 2 is 2.13 bits per heavy atom. The van der Waals surface area contributed by atoms with Crippen molar-refractivity contribution >= 4 is 11.6 Å². The predicted molar refractivity (Wildman–Crippen MR) is 88.1 cm³/mol. The number of aromatic nitrogens is 1. The van der Waals surface area contributed by atoms with Crippen molar-refractivity contribution in [3.63, 3.8) is 0 Å². The monoisotopic (exact) mass is 334 g/mol. The molecule has 0 fully saturated rings. The molecule has 1 atom stereocenters. The summed E-state index contributed by atoms with van der Waals surface area (Å²) < 4.78 is 11.0. The molecule has 3 rings (SSSR count). The molecule has 0 saturated heterocycles. The fourth-order valence-corrected chi connectivity index (χ4v) is 2.65. The molecule has 1 aromatic heterocycles. The number of halogens is 1. The molecule has 1 aromatic carbocycles. The van der Waals surface area contributed by atoms with Gasteiger partial charge in [0.25, 0.3) is 0 Å². The number of hydrogen-bond acceptors (Lipinski definition) is 5. The van der Waals surface area contributed by atoms with Crippen molar-refractivity contribution in [3.05, 3.63) is 52.3 Å². The molecule has 23 heavy (non-hydrogen) atoms. The average molecular weight is 335 g/mol. The average Bonchev–Trinajstić information content (AvgIpc) is 2.56. The summed E-state index contributed by atoms with van der Waals surface area (Å²) in [5.41, 5.74) is 2.76. The Morgan fingerprint density at radius 1 is 1.30 bits per heavy atom. The van der Waals surface area contributed by atoms with E-state index in [1.807, 2.05) is 25.3 Å². The van der Waals surface area contributed by atoms with E-state index in [4.69, 9.17) is 21.1 Å². The first-order chi connectivity index (χ1) is 11.1. The first kappa shape index (κ1) is 16.1. The van der Waals surface area contributed by atoms with Crippen LogP contribution < -0.4 is 14.8 Å². The van der Waals surface area contributed by atoms with Crippen molar-refractivity contribution in [1.29, 1.82) is 0 Å². The Kier molecular flexibility index (Phi) is 5.00. The Labute approximate surface area is 140 Å². The molecule has 0 amide bonds. The van der Waals surface area contributed by atoms with Gasteiger partial charge in [-0.15, -0.1) is 0 Å². The highest BCUT2D eigenvalue weighted by Gasteiger charge is 2.19. The summed E-state index contributed by atoms with van der Waals surface area (Å²) in [6.45, 7) is 3.96. The zero-order valence-corrected chi connectivity index (χ0v) is 13.6. The van der Waals surface area contributed by atoms with Crippen LogP contribution in [0.2, 0.25) is 5.02 Å². The fraction of sp³-hybridized carbons (Fsp3) is 0.353. The summed E-state index contributed by atoms with van der Waals surface area (Å²) in [5, 5.41) is 14.0. The minimum Gasteiger partial charge on any atom is -0.486 e. The van der Waals surface area contributed by atoms with E-state index >= 15 is 0 Å². The summed E-state index contributed by atoms with van der Waals surface area (Å²) in [6.07, 6.45) is 1.14. The van der Waals surface area contributed by atoms with Crippen LogP contribution in [-0.4, -0.2) is 29.8 Å². The first-order valence-corrected chi connectivity index (χ1v) is 7.90. The Bertz CT molecular complexity index is 676. The maximum absolute atomic E-state index is 10.3. The van der Waals surface area contributed by atoms with Crippen LogP contribution in [0.3, 0.4) is 0 Å². The van der Waals surface area contributed by atoms with E-state index in [0.29, 0.717) is 48.4 Å². The number of fused-ring (bicyclic) bond motifs is 1. The van der Waals surface area contributed by atoms with Crippen LogP contribution in [0.15, 0.2) is 30.5 Å². The number of pyridine rings is 1. The number of rotatable bonds is 5. The third-order valence-electron chi connectivity index (χ3n) is 3.62. The van der Waals surface area contributed by atoms with Crippen molar-refractivity contribution in [2.45, 2.75) is 19.6 Å². The van der Waals surface area contributed by atoms with Gasteiger partial charge >= 0.3 is 0 Å². The van der Waals surface area contributed by atoms with E-state index in [9.17, 15) is 5.11 Å². The summed E-state index contributed by atoms with van der Waals surface area (Å²) in [7, 11) is 0. The van der Waals surface area contributed by atoms with Crippen LogP contribution in [0.5, 0.6) is 11.5 Å². The number of aliphatic hydroxyl groups is 1. The molecule has 0 unspecified atom stereocenters. The second-order valence-corrected chi connectivity index (χ2v) is 5.91. The van der Waals surface area contributed by atoms with E-state index in [1.165, 1.54) is 0 Å². The number of benzene rings is 1. The number of hydrogen-bond donors (Lipinski definition) is 2. The molecule has 0 bridgehead atoms. The number of ether oxygens (including phenoxy) is 2. The van der Waals surface area contributed by atoms with Gasteiger partial charge in [0.2, 0.25) is 0 Å². The van der Waals surface area contributed by atoms with Crippen molar-refractivity contribution in [2.24, 2.45) is 0 Å². The third-order valence-corrected chi connectivity index (χ3v) is 3.90. The number of aliphatic hydroxyl groups excluding tert-OH is 1. The number of aryl methyl sites for hydroxylation is 1. The van der Waals surface area contributed by atoms with Crippen LogP contribution in [-0.2, 0) is 6.54 Å². The molecule has 122 valence electrons. The summed E-state index contributed by atoms with van der Waals surface area (Å²) in [6, 6.07) is 7.47. The van der Waals surface area contributed by atoms with Crippen LogP contribution in [0.25, 0.3) is 0 Å². The van der Waals surface area contributed by atoms with E-state index in [-0.39, 0.29) is 0 Å². The Hall–Kier alpha value is -1.82. The molecule has 0 saturated carbocycles. The Balaban J connectivity index is 1.60. The van der Waals surface area contributed by atoms with Crippen molar-refractivity contribution < 1.29 is 14.6 Å². The van der Waals surface area contributed by atoms with Gasteiger partial charge in [0.15, 0.2) is 11.5 Å². The van der Waals surface area contributed by atoms with Crippen LogP contribution in [0.1, 0.15) is 22.9 Å². The summed E-state index contributed by atoms with van der Waals surface area (Å²) in [5.74, 6) is 1.13. The van der Waals surface area contributed by atoms with E-state index in [1.54, 1.807) is 12.1 Å². The molecule has 1 aliphatic rings. The smallest absolute Gasteiger partial charge is 0.179 e. The topological polar surface area (TPSA) is 63.6 Å². The molecule has 2 heterocycles. The maximum atomic E-state index is 10.3. The first-order valence-electron chi connectivity index (χ1n) is 7.53. The van der Waals surface area contributed by atoms with Gasteiger partial charge < -0.3 is 19.9 Å². The molecular weight excluding hydrogens is 316 g/mol. The van der Waals surface area contributed by atoms with Gasteiger partial charge in [-0.1, -0.05) is 17.7 Å². The van der Waals surface area contributed by atoms with Gasteiger partial charge in [0.05, 0.1) is 16.8 Å². The van der Waals surface area contributed by atoms with E-state index < -0.39 is 6.10 Å². The largest absolute Gasteiger partial charge is 0.486 e. The minimum atomic E-state index is -0.686. The molecule has 5 nitrogen and oxygen atoms in total. The molecule has 0 spiro atoms. The second-order valence-electron chi connectivity index (χ2n) is 5.50. The highest BCUT2D eigenvalue weighted by Crippen LogP contribution is 2.39. The molecule has 0 radical (unpaired) electrons. The van der Waals surface area contributed by atoms with Crippen molar-refractivity contribution in [3.8, 4) is 11.5 Å². The molecule has 2 aromatic rings. The lowest BCUT2D eigenvalue weighted by atomic mass is 10.1. The van der Waals surface area contributed by atoms with Crippen LogP contribution in [0.4, 0.5) is 0 Å². The highest BCUT2D eigenvalue weighted by atomic mass is 35.5. The van der Waals surface area contributed by atoms with Crippen LogP contribution in [0, 0.1) is 6.92 Å². The third kappa shape index (κ3) is 3.93. The summed E-state index contributed by atoms with van der Waals surface area (Å²) in [4.78, 5) is 4.32. The minimum absolute atomic E-state index is 0.394. The molecule has 0 aliphatic carbocycles. The van der Waals surface area contributed by atoms with Gasteiger partial charge in [-0.05, 0) is 36.2 Å². The zero-order valence-electron chi connectivity index (χ0n) is 12.9. The Morgan fingerprint density at radius 3 is 2.91 bits per heavy atom. The van der Waals surface area contributed by atoms with Gasteiger partial charge in [-0.25, -0.2) is 0 Å². The van der Waals surface area contributed by atoms with E-state index in [0.717, 1.165) is 11.3 Å². The second kappa shape index (κ2) is 7.17. The highest BCUT2D eigenvalue weighted by molar-refractivity contribution is 6.32. The van der Waals surface area contributed by atoms with Gasteiger partial charge in [0, 0.05) is 19.3 Å². The molecule has 1 aliphatic heterocycles. The van der Waals surface area contributed by atoms with Crippen LogP contribution >= 0.6 is 11.6 Å². The van der Waals surface area contributed by atoms with Crippen molar-refractivity contribution in [2.75, 3.05) is 19.8 Å². The lowest BCUT2D eigenvalue weighted by Gasteiger charge is -2.21. The number of nitrogens with zero attached hydrogens (tertiary/aromatic N) is 1. The number of nitrogens with one attached hydrogen (secondary N) is 1. The standard InChI is InChI=1S/C17H19ClN2O3/c1-11-2-3-13(20-8-11)9-19-10-15(21)12-6-14(18)17-16(7-12)22-4-5-23-17/h2-3,6-8,15,19,21H,4-5,9-10H2,1H3/t15-/m1/s1. The lowest BCUT2D eigenvalue weighted by molar-refractivity contribution is 0.163. The maximum Gasteiger partial charge on any atom is 0.179 e. The van der Waals surface area contributed by atoms with Gasteiger partial charge in [-0.2, -0.15) is 0 Å². The summed E-state index contributed by atoms with van der Waals surface area (Å²) >= 11 is 6.19. The quantitative estimate of drug-likeness (QED) is 0.880. The normalized spacial score (nSPS) is 14.6. The van der Waals surface area contributed by atoms with Crippen molar-refractivity contribution in [1.82, 2.24) is 10.3 Å². The lowest BCUT2D eigenvalue weighted by Crippen LogP contribution is -2.22.